The fraction of sp³-hybridized carbons (Fsp3) is 0.235. The Kier molecular flexibility index (Phi) is 5.21. The summed E-state index contributed by atoms with van der Waals surface area (Å²) in [4.78, 5) is 11.8. The molecule has 0 aromatic heterocycles. The lowest BCUT2D eigenvalue weighted by Gasteiger charge is -2.09. The van der Waals surface area contributed by atoms with Crippen LogP contribution >= 0.6 is 0 Å². The molecule has 2 N–H and O–H groups in total. The summed E-state index contributed by atoms with van der Waals surface area (Å²) in [5, 5.41) is 5.61. The predicted molar refractivity (Wildman–Crippen MR) is 84.6 cm³/mol. The highest BCUT2D eigenvalue weighted by atomic mass is 16.5. The van der Waals surface area contributed by atoms with Gasteiger partial charge in [0.15, 0.2) is 0 Å². The molecule has 0 aliphatic rings. The first-order valence-electron chi connectivity index (χ1n) is 7.00. The first-order valence-corrected chi connectivity index (χ1v) is 7.00. The maximum Gasteiger partial charge on any atom is 0.319 e. The molecule has 2 aromatic carbocycles. The number of hydrogen-bond donors (Lipinski definition) is 2. The van der Waals surface area contributed by atoms with E-state index in [1.54, 1.807) is 0 Å². The van der Waals surface area contributed by atoms with Crippen molar-refractivity contribution in [1.82, 2.24) is 5.32 Å². The third kappa shape index (κ3) is 4.84. The molecule has 21 heavy (non-hydrogen) atoms. The van der Waals surface area contributed by atoms with E-state index in [2.05, 4.69) is 10.6 Å². The average Bonchev–Trinajstić information content (AvgIpc) is 2.49. The van der Waals surface area contributed by atoms with E-state index in [0.29, 0.717) is 13.2 Å². The number of amides is 2. The van der Waals surface area contributed by atoms with E-state index in [0.717, 1.165) is 17.0 Å². The van der Waals surface area contributed by atoms with Crippen molar-refractivity contribution < 1.29 is 9.53 Å². The van der Waals surface area contributed by atoms with Crippen molar-refractivity contribution >= 4 is 11.7 Å². The third-order valence-electron chi connectivity index (χ3n) is 3.00. The monoisotopic (exact) mass is 284 g/mol. The third-order valence-corrected chi connectivity index (χ3v) is 3.00. The van der Waals surface area contributed by atoms with Gasteiger partial charge < -0.3 is 15.4 Å². The van der Waals surface area contributed by atoms with Crippen molar-refractivity contribution in [3.63, 3.8) is 0 Å². The Hall–Kier alpha value is -2.49. The zero-order valence-electron chi connectivity index (χ0n) is 12.3. The summed E-state index contributed by atoms with van der Waals surface area (Å²) in [5.74, 6) is 0.795. The van der Waals surface area contributed by atoms with Gasteiger partial charge in [0.05, 0.1) is 6.61 Å². The van der Waals surface area contributed by atoms with Crippen molar-refractivity contribution in [2.24, 2.45) is 0 Å². The molecule has 0 spiro atoms. The zero-order chi connectivity index (χ0) is 15.1. The van der Waals surface area contributed by atoms with Crippen LogP contribution in [-0.4, -0.2) is 12.6 Å². The Labute approximate surface area is 125 Å². The van der Waals surface area contributed by atoms with Gasteiger partial charge in [-0.2, -0.15) is 0 Å². The van der Waals surface area contributed by atoms with E-state index in [-0.39, 0.29) is 6.03 Å². The molecule has 0 heterocycles. The van der Waals surface area contributed by atoms with Crippen LogP contribution in [0.1, 0.15) is 18.1 Å². The molecule has 2 amide bonds. The van der Waals surface area contributed by atoms with Crippen LogP contribution in [0.5, 0.6) is 5.75 Å². The molecule has 4 nitrogen and oxygen atoms in total. The molecule has 0 saturated heterocycles. The van der Waals surface area contributed by atoms with E-state index >= 15 is 0 Å². The number of anilines is 1. The van der Waals surface area contributed by atoms with Crippen LogP contribution in [0.2, 0.25) is 0 Å². The lowest BCUT2D eigenvalue weighted by molar-refractivity contribution is 0.251. The Morgan fingerprint density at radius 2 is 1.71 bits per heavy atom. The molecule has 0 aliphatic heterocycles. The number of rotatable bonds is 5. The van der Waals surface area contributed by atoms with Gasteiger partial charge in [0.2, 0.25) is 0 Å². The standard InChI is InChI=1S/C17H20N2O2/c1-3-21-16-10-8-15(9-11-16)19-17(20)18-12-14-6-4-13(2)5-7-14/h4-11H,3,12H2,1-2H3,(H2,18,19,20). The largest absolute Gasteiger partial charge is 0.494 e. The zero-order valence-corrected chi connectivity index (χ0v) is 12.3. The summed E-state index contributed by atoms with van der Waals surface area (Å²) >= 11 is 0. The SMILES string of the molecule is CCOc1ccc(NC(=O)NCc2ccc(C)cc2)cc1. The normalized spacial score (nSPS) is 10.0. The Morgan fingerprint density at radius 1 is 1.05 bits per heavy atom. The number of aryl methyl sites for hydroxylation is 1. The number of ether oxygens (including phenoxy) is 1. The lowest BCUT2D eigenvalue weighted by Crippen LogP contribution is -2.28. The molecule has 0 saturated carbocycles. The van der Waals surface area contributed by atoms with Gasteiger partial charge in [0.1, 0.15) is 5.75 Å². The van der Waals surface area contributed by atoms with Gasteiger partial charge in [-0.1, -0.05) is 29.8 Å². The number of carbonyl (C=O) groups is 1. The molecule has 2 aromatic rings. The van der Waals surface area contributed by atoms with Gasteiger partial charge in [0.25, 0.3) is 0 Å². The Bertz CT molecular complexity index is 577. The minimum atomic E-state index is -0.222. The van der Waals surface area contributed by atoms with Gasteiger partial charge in [-0.3, -0.25) is 0 Å². The lowest BCUT2D eigenvalue weighted by atomic mass is 10.1. The summed E-state index contributed by atoms with van der Waals surface area (Å²) in [6.07, 6.45) is 0. The number of hydrogen-bond acceptors (Lipinski definition) is 2. The van der Waals surface area contributed by atoms with Crippen LogP contribution in [0.3, 0.4) is 0 Å². The van der Waals surface area contributed by atoms with Gasteiger partial charge in [-0.05, 0) is 43.7 Å². The van der Waals surface area contributed by atoms with Crippen molar-refractivity contribution in [2.45, 2.75) is 20.4 Å². The van der Waals surface area contributed by atoms with E-state index in [1.807, 2.05) is 62.4 Å². The first kappa shape index (κ1) is 14.9. The summed E-state index contributed by atoms with van der Waals surface area (Å²) in [7, 11) is 0. The molecule has 2 rings (SSSR count). The second-order valence-corrected chi connectivity index (χ2v) is 4.75. The molecule has 110 valence electrons. The summed E-state index contributed by atoms with van der Waals surface area (Å²) in [6, 6.07) is 15.1. The van der Waals surface area contributed by atoms with E-state index < -0.39 is 0 Å². The number of carbonyl (C=O) groups excluding carboxylic acids is 1. The van der Waals surface area contributed by atoms with E-state index in [4.69, 9.17) is 4.74 Å². The minimum absolute atomic E-state index is 0.222. The molecular weight excluding hydrogens is 264 g/mol. The Balaban J connectivity index is 1.82. The highest BCUT2D eigenvalue weighted by molar-refractivity contribution is 5.89. The predicted octanol–water partition coefficient (Wildman–Crippen LogP) is 3.72. The summed E-state index contributed by atoms with van der Waals surface area (Å²) in [5.41, 5.74) is 3.01. The van der Waals surface area contributed by atoms with Gasteiger partial charge in [-0.15, -0.1) is 0 Å². The topological polar surface area (TPSA) is 50.4 Å². The fourth-order valence-corrected chi connectivity index (χ4v) is 1.86. The second-order valence-electron chi connectivity index (χ2n) is 4.75. The van der Waals surface area contributed by atoms with Crippen LogP contribution < -0.4 is 15.4 Å². The molecular formula is C17H20N2O2. The number of nitrogens with one attached hydrogen (secondary N) is 2. The minimum Gasteiger partial charge on any atom is -0.494 e. The average molecular weight is 284 g/mol. The maximum atomic E-state index is 11.8. The number of benzene rings is 2. The maximum absolute atomic E-state index is 11.8. The van der Waals surface area contributed by atoms with E-state index in [9.17, 15) is 4.79 Å². The highest BCUT2D eigenvalue weighted by Crippen LogP contribution is 2.15. The van der Waals surface area contributed by atoms with Crippen LogP contribution in [-0.2, 0) is 6.54 Å². The molecule has 0 fully saturated rings. The molecule has 0 atom stereocenters. The van der Waals surface area contributed by atoms with Crippen LogP contribution in [0, 0.1) is 6.92 Å². The molecule has 0 unspecified atom stereocenters. The van der Waals surface area contributed by atoms with Gasteiger partial charge >= 0.3 is 6.03 Å². The van der Waals surface area contributed by atoms with Crippen molar-refractivity contribution in [2.75, 3.05) is 11.9 Å². The second kappa shape index (κ2) is 7.33. The smallest absolute Gasteiger partial charge is 0.319 e. The summed E-state index contributed by atoms with van der Waals surface area (Å²) in [6.45, 7) is 5.10. The van der Waals surface area contributed by atoms with Crippen molar-refractivity contribution in [3.8, 4) is 5.75 Å². The van der Waals surface area contributed by atoms with Crippen LogP contribution in [0.25, 0.3) is 0 Å². The molecule has 4 heteroatoms. The van der Waals surface area contributed by atoms with Gasteiger partial charge in [-0.25, -0.2) is 4.79 Å². The van der Waals surface area contributed by atoms with E-state index in [1.165, 1.54) is 5.56 Å². The fourth-order valence-electron chi connectivity index (χ4n) is 1.86. The number of urea groups is 1. The molecule has 0 aliphatic carbocycles. The first-order chi connectivity index (χ1) is 10.2. The molecule has 0 bridgehead atoms. The quantitative estimate of drug-likeness (QED) is 0.879. The highest BCUT2D eigenvalue weighted by Gasteiger charge is 2.02. The molecule has 0 radical (unpaired) electrons. The summed E-state index contributed by atoms with van der Waals surface area (Å²) < 4.78 is 5.35. The van der Waals surface area contributed by atoms with Crippen molar-refractivity contribution in [3.05, 3.63) is 59.7 Å². The van der Waals surface area contributed by atoms with Crippen molar-refractivity contribution in [1.29, 1.82) is 0 Å². The van der Waals surface area contributed by atoms with Gasteiger partial charge in [0, 0.05) is 12.2 Å². The van der Waals surface area contributed by atoms with Crippen LogP contribution in [0.15, 0.2) is 48.5 Å². The Morgan fingerprint density at radius 3 is 2.33 bits per heavy atom. The van der Waals surface area contributed by atoms with Crippen LogP contribution in [0.4, 0.5) is 10.5 Å².